The molecule has 0 aliphatic heterocycles. The molecule has 0 aliphatic carbocycles. The first-order valence-corrected chi connectivity index (χ1v) is 14.1. The second-order valence-electron chi connectivity index (χ2n) is 7.66. The van der Waals surface area contributed by atoms with E-state index in [1.54, 1.807) is 0 Å². The van der Waals surface area contributed by atoms with Gasteiger partial charge in [-0.05, 0) is 24.3 Å². The number of hydrogen-bond acceptors (Lipinski definition) is 2. The molecule has 0 aromatic carbocycles. The zero-order chi connectivity index (χ0) is 19.3. The van der Waals surface area contributed by atoms with Crippen molar-refractivity contribution in [1.29, 1.82) is 0 Å². The molecule has 0 amide bonds. The molecule has 0 unspecified atom stereocenters. The number of hydrogen-bond donors (Lipinski definition) is 2. The van der Waals surface area contributed by atoms with E-state index in [0.29, 0.717) is 6.42 Å². The first kappa shape index (κ1) is 26.5. The maximum absolute atomic E-state index is 10.7. The second-order valence-corrected chi connectivity index (χ2v) is 10.7. The van der Waals surface area contributed by atoms with Crippen LogP contribution in [-0.4, -0.2) is 27.5 Å². The molecule has 26 heavy (non-hydrogen) atoms. The third kappa shape index (κ3) is 24.5. The van der Waals surface area contributed by atoms with Crippen LogP contribution in [0.5, 0.6) is 0 Å². The Balaban J connectivity index is 3.02. The van der Waals surface area contributed by atoms with E-state index in [9.17, 15) is 4.57 Å². The fraction of sp³-hybridized carbons (Fsp3) is 1.00. The van der Waals surface area contributed by atoms with E-state index < -0.39 is 7.60 Å². The molecule has 2 N–H and O–H groups in total. The van der Waals surface area contributed by atoms with Crippen LogP contribution in [0.3, 0.4) is 0 Å². The highest BCUT2D eigenvalue weighted by molar-refractivity contribution is 7.99. The van der Waals surface area contributed by atoms with Crippen LogP contribution in [0, 0.1) is 0 Å². The van der Waals surface area contributed by atoms with Gasteiger partial charge in [-0.25, -0.2) is 0 Å². The fourth-order valence-electron chi connectivity index (χ4n) is 3.23. The number of rotatable bonds is 21. The predicted octanol–water partition coefficient (Wildman–Crippen LogP) is 7.55. The summed E-state index contributed by atoms with van der Waals surface area (Å²) in [6, 6.07) is 0. The van der Waals surface area contributed by atoms with E-state index in [1.807, 2.05) is 11.8 Å². The SMILES string of the molecule is CCCCCCCCCCCCCCCCCCSCCCP(=O)(O)O. The average molecular weight is 409 g/mol. The zero-order valence-corrected chi connectivity index (χ0v) is 19.0. The highest BCUT2D eigenvalue weighted by atomic mass is 32.2. The lowest BCUT2D eigenvalue weighted by Crippen LogP contribution is -1.91. The van der Waals surface area contributed by atoms with E-state index in [1.165, 1.54) is 103 Å². The summed E-state index contributed by atoms with van der Waals surface area (Å²) in [5, 5.41) is 0. The molecule has 158 valence electrons. The molecule has 3 nitrogen and oxygen atoms in total. The van der Waals surface area contributed by atoms with Crippen molar-refractivity contribution in [2.75, 3.05) is 17.7 Å². The highest BCUT2D eigenvalue weighted by Gasteiger charge is 2.10. The third-order valence-corrected chi connectivity index (χ3v) is 6.93. The molecule has 0 atom stereocenters. The number of thioether (sulfide) groups is 1. The summed E-state index contributed by atoms with van der Waals surface area (Å²) in [5.41, 5.74) is 0. The normalized spacial score (nSPS) is 12.0. The maximum atomic E-state index is 10.7. The molecule has 0 fully saturated rings. The molecule has 5 heteroatoms. The standard InChI is InChI=1S/C21H45O3PS/c1-2-3-4-5-6-7-8-9-10-11-12-13-14-15-16-17-20-26-21-18-19-25(22,23)24/h2-21H2,1H3,(H2,22,23,24). The Hall–Kier alpha value is 0.500. The lowest BCUT2D eigenvalue weighted by molar-refractivity contribution is 0.372. The van der Waals surface area contributed by atoms with Crippen molar-refractivity contribution in [2.45, 2.75) is 116 Å². The number of unbranched alkanes of at least 4 members (excludes halogenated alkanes) is 15. The fourth-order valence-corrected chi connectivity index (χ4v) is 4.97. The van der Waals surface area contributed by atoms with Gasteiger partial charge in [-0.2, -0.15) is 11.8 Å². The van der Waals surface area contributed by atoms with Gasteiger partial charge in [0.25, 0.3) is 0 Å². The largest absolute Gasteiger partial charge is 0.325 e. The summed E-state index contributed by atoms with van der Waals surface area (Å²) in [6.07, 6.45) is 23.0. The Morgan fingerprint density at radius 1 is 0.577 bits per heavy atom. The molecule has 0 saturated carbocycles. The molecule has 0 saturated heterocycles. The van der Waals surface area contributed by atoms with Gasteiger partial charge in [0.15, 0.2) is 0 Å². The Morgan fingerprint density at radius 2 is 0.923 bits per heavy atom. The van der Waals surface area contributed by atoms with E-state index >= 15 is 0 Å². The van der Waals surface area contributed by atoms with E-state index in [-0.39, 0.29) is 6.16 Å². The lowest BCUT2D eigenvalue weighted by atomic mass is 10.0. The van der Waals surface area contributed by atoms with Gasteiger partial charge < -0.3 is 9.79 Å². The van der Waals surface area contributed by atoms with Gasteiger partial charge in [-0.3, -0.25) is 4.57 Å². The van der Waals surface area contributed by atoms with Crippen LogP contribution in [-0.2, 0) is 4.57 Å². The third-order valence-electron chi connectivity index (χ3n) is 4.88. The minimum Gasteiger partial charge on any atom is -0.324 e. The summed E-state index contributed by atoms with van der Waals surface area (Å²) >= 11 is 1.84. The Kier molecular flexibility index (Phi) is 20.6. The molecular weight excluding hydrogens is 363 g/mol. The molecule has 0 heterocycles. The van der Waals surface area contributed by atoms with Crippen LogP contribution in [0.25, 0.3) is 0 Å². The zero-order valence-electron chi connectivity index (χ0n) is 17.3. The first-order valence-electron chi connectivity index (χ1n) is 11.2. The molecule has 0 aromatic heterocycles. The minimum atomic E-state index is -3.77. The van der Waals surface area contributed by atoms with Gasteiger partial charge in [-0.15, -0.1) is 0 Å². The van der Waals surface area contributed by atoms with Gasteiger partial charge >= 0.3 is 7.60 Å². The van der Waals surface area contributed by atoms with Gasteiger partial charge in [0, 0.05) is 0 Å². The van der Waals surface area contributed by atoms with Crippen LogP contribution in [0.1, 0.15) is 116 Å². The van der Waals surface area contributed by atoms with E-state index in [0.717, 1.165) is 11.5 Å². The molecule has 0 rings (SSSR count). The summed E-state index contributed by atoms with van der Waals surface area (Å²) in [5.74, 6) is 2.02. The molecule has 0 radical (unpaired) electrons. The minimum absolute atomic E-state index is 0.0406. The van der Waals surface area contributed by atoms with Gasteiger partial charge in [0.05, 0.1) is 6.16 Å². The van der Waals surface area contributed by atoms with Crippen LogP contribution in [0.4, 0.5) is 0 Å². The van der Waals surface area contributed by atoms with Crippen molar-refractivity contribution < 1.29 is 14.4 Å². The van der Waals surface area contributed by atoms with Crippen LogP contribution >= 0.6 is 19.4 Å². The molecule has 0 bridgehead atoms. The lowest BCUT2D eigenvalue weighted by Gasteiger charge is -2.04. The van der Waals surface area contributed by atoms with Crippen LogP contribution < -0.4 is 0 Å². The summed E-state index contributed by atoms with van der Waals surface area (Å²) in [4.78, 5) is 17.5. The quantitative estimate of drug-likeness (QED) is 0.152. The summed E-state index contributed by atoms with van der Waals surface area (Å²) < 4.78 is 10.7. The van der Waals surface area contributed by atoms with Gasteiger partial charge in [-0.1, -0.05) is 103 Å². The average Bonchev–Trinajstić information content (AvgIpc) is 2.59. The van der Waals surface area contributed by atoms with Gasteiger partial charge in [0.1, 0.15) is 0 Å². The van der Waals surface area contributed by atoms with Gasteiger partial charge in [0.2, 0.25) is 0 Å². The first-order chi connectivity index (χ1) is 12.6. The monoisotopic (exact) mass is 408 g/mol. The van der Waals surface area contributed by atoms with Crippen molar-refractivity contribution in [3.63, 3.8) is 0 Å². The topological polar surface area (TPSA) is 57.5 Å². The predicted molar refractivity (Wildman–Crippen MR) is 118 cm³/mol. The molecule has 0 aromatic rings. The Labute approximate surface area is 167 Å². The summed E-state index contributed by atoms with van der Waals surface area (Å²) in [6.45, 7) is 2.28. The molecule has 0 aliphatic rings. The smallest absolute Gasteiger partial charge is 0.324 e. The molecular formula is C21H45O3PS. The Bertz CT molecular complexity index is 320. The maximum Gasteiger partial charge on any atom is 0.325 e. The van der Waals surface area contributed by atoms with Crippen molar-refractivity contribution in [2.24, 2.45) is 0 Å². The van der Waals surface area contributed by atoms with Crippen LogP contribution in [0.15, 0.2) is 0 Å². The Morgan fingerprint density at radius 3 is 1.31 bits per heavy atom. The van der Waals surface area contributed by atoms with Crippen LogP contribution in [0.2, 0.25) is 0 Å². The van der Waals surface area contributed by atoms with E-state index in [4.69, 9.17) is 9.79 Å². The second kappa shape index (κ2) is 20.2. The molecule has 0 spiro atoms. The van der Waals surface area contributed by atoms with Crippen molar-refractivity contribution in [3.05, 3.63) is 0 Å². The highest BCUT2D eigenvalue weighted by Crippen LogP contribution is 2.35. The van der Waals surface area contributed by atoms with Crippen molar-refractivity contribution in [1.82, 2.24) is 0 Å². The van der Waals surface area contributed by atoms with Crippen molar-refractivity contribution in [3.8, 4) is 0 Å². The van der Waals surface area contributed by atoms with Crippen molar-refractivity contribution >= 4 is 19.4 Å². The van der Waals surface area contributed by atoms with E-state index in [2.05, 4.69) is 6.92 Å². The summed E-state index contributed by atoms with van der Waals surface area (Å²) in [7, 11) is -3.77.